The van der Waals surface area contributed by atoms with Crippen LogP contribution in [0, 0.1) is 0 Å². The van der Waals surface area contributed by atoms with Crippen LogP contribution in [0.4, 0.5) is 5.69 Å². The summed E-state index contributed by atoms with van der Waals surface area (Å²) in [6.45, 7) is 0. The molecular weight excluding hydrogens is 495 g/mol. The molecule has 0 spiro atoms. The van der Waals surface area contributed by atoms with Crippen molar-refractivity contribution in [2.45, 2.75) is 12.8 Å². The minimum atomic E-state index is -0.485. The standard InChI is InChI=1S/C24H20Cl2N4O3S/c25-18-10-11-20(19(26)14-18)27-21(31)12-13-22(32)29-30-24(34)28-23(33)17-8-6-16(7-9-17)15-4-2-1-3-5-15/h1-11,14H,12-13H2,(H,27,31)(H,29,32)(H2,28,30,33,34). The minimum Gasteiger partial charge on any atom is -0.325 e. The van der Waals surface area contributed by atoms with Crippen LogP contribution in [0.2, 0.25) is 10.0 Å². The largest absolute Gasteiger partial charge is 0.325 e. The lowest BCUT2D eigenvalue weighted by Crippen LogP contribution is -2.48. The molecule has 0 aliphatic rings. The van der Waals surface area contributed by atoms with Crippen molar-refractivity contribution in [3.63, 3.8) is 0 Å². The summed E-state index contributed by atoms with van der Waals surface area (Å²) in [5.74, 6) is -1.30. The number of hydrazine groups is 1. The van der Waals surface area contributed by atoms with Gasteiger partial charge in [0.15, 0.2) is 5.11 Å². The summed E-state index contributed by atoms with van der Waals surface area (Å²) >= 11 is 16.9. The first-order valence-electron chi connectivity index (χ1n) is 10.1. The van der Waals surface area contributed by atoms with Gasteiger partial charge >= 0.3 is 0 Å². The molecule has 3 amide bonds. The SMILES string of the molecule is O=C(CCC(=O)Nc1ccc(Cl)cc1Cl)NNC(=S)NC(=O)c1ccc(-c2ccccc2)cc1. The topological polar surface area (TPSA) is 99.3 Å². The predicted octanol–water partition coefficient (Wildman–Crippen LogP) is 4.71. The molecule has 0 unspecified atom stereocenters. The van der Waals surface area contributed by atoms with E-state index in [0.29, 0.717) is 21.3 Å². The third-order valence-corrected chi connectivity index (χ3v) is 5.33. The summed E-state index contributed by atoms with van der Waals surface area (Å²) in [5, 5.41) is 5.74. The van der Waals surface area contributed by atoms with Crippen LogP contribution in [0.5, 0.6) is 0 Å². The van der Waals surface area contributed by atoms with Gasteiger partial charge in [0.25, 0.3) is 5.91 Å². The molecule has 0 bridgehead atoms. The maximum absolute atomic E-state index is 12.4. The number of hydrogen-bond donors (Lipinski definition) is 4. The van der Waals surface area contributed by atoms with Gasteiger partial charge in [0.1, 0.15) is 0 Å². The summed E-state index contributed by atoms with van der Waals surface area (Å²) in [5.41, 5.74) is 7.61. The van der Waals surface area contributed by atoms with Crippen LogP contribution in [0.25, 0.3) is 11.1 Å². The van der Waals surface area contributed by atoms with Crippen molar-refractivity contribution in [1.82, 2.24) is 16.2 Å². The van der Waals surface area contributed by atoms with Gasteiger partial charge in [0.05, 0.1) is 10.7 Å². The fourth-order valence-corrected chi connectivity index (χ4v) is 3.47. The maximum Gasteiger partial charge on any atom is 0.257 e. The van der Waals surface area contributed by atoms with E-state index in [9.17, 15) is 14.4 Å². The third-order valence-electron chi connectivity index (χ3n) is 4.58. The maximum atomic E-state index is 12.4. The highest BCUT2D eigenvalue weighted by Gasteiger charge is 2.11. The number of thiocarbonyl (C=S) groups is 1. The predicted molar refractivity (Wildman–Crippen MR) is 138 cm³/mol. The van der Waals surface area contributed by atoms with Crippen molar-refractivity contribution in [1.29, 1.82) is 0 Å². The monoisotopic (exact) mass is 514 g/mol. The Morgan fingerprint density at radius 3 is 2.09 bits per heavy atom. The number of carbonyl (C=O) groups is 3. The van der Waals surface area contributed by atoms with E-state index >= 15 is 0 Å². The molecule has 3 rings (SSSR count). The lowest BCUT2D eigenvalue weighted by atomic mass is 10.0. The normalized spacial score (nSPS) is 10.2. The minimum absolute atomic E-state index is 0.0807. The molecule has 0 saturated carbocycles. The second kappa shape index (κ2) is 12.1. The van der Waals surface area contributed by atoms with E-state index in [1.54, 1.807) is 24.3 Å². The Hall–Kier alpha value is -3.46. The van der Waals surface area contributed by atoms with Gasteiger partial charge in [0.2, 0.25) is 11.8 Å². The zero-order valence-electron chi connectivity index (χ0n) is 17.7. The van der Waals surface area contributed by atoms with Crippen LogP contribution in [0.3, 0.4) is 0 Å². The number of carbonyl (C=O) groups excluding carboxylic acids is 3. The molecule has 174 valence electrons. The van der Waals surface area contributed by atoms with Gasteiger partial charge in [-0.15, -0.1) is 0 Å². The van der Waals surface area contributed by atoms with Crippen LogP contribution in [-0.2, 0) is 9.59 Å². The summed E-state index contributed by atoms with van der Waals surface area (Å²) in [4.78, 5) is 36.4. The number of amides is 3. The number of benzene rings is 3. The molecule has 3 aromatic rings. The molecule has 10 heteroatoms. The first-order chi connectivity index (χ1) is 16.3. The summed E-state index contributed by atoms with van der Waals surface area (Å²) in [6, 6.07) is 21.5. The number of hydrogen-bond acceptors (Lipinski definition) is 4. The van der Waals surface area contributed by atoms with Gasteiger partial charge in [0, 0.05) is 23.4 Å². The van der Waals surface area contributed by atoms with Crippen LogP contribution < -0.4 is 21.5 Å². The smallest absolute Gasteiger partial charge is 0.257 e. The van der Waals surface area contributed by atoms with E-state index in [4.69, 9.17) is 35.4 Å². The number of rotatable bonds is 6. The quantitative estimate of drug-likeness (QED) is 0.282. The van der Waals surface area contributed by atoms with E-state index in [-0.39, 0.29) is 18.0 Å². The number of nitrogens with one attached hydrogen (secondary N) is 4. The van der Waals surface area contributed by atoms with Crippen molar-refractivity contribution < 1.29 is 14.4 Å². The second-order valence-corrected chi connectivity index (χ2v) is 8.32. The van der Waals surface area contributed by atoms with Gasteiger partial charge in [-0.2, -0.15) is 0 Å². The first kappa shape index (κ1) is 25.2. The van der Waals surface area contributed by atoms with Crippen molar-refractivity contribution >= 4 is 63.9 Å². The fourth-order valence-electron chi connectivity index (χ4n) is 2.87. The van der Waals surface area contributed by atoms with Crippen LogP contribution in [-0.4, -0.2) is 22.8 Å². The Labute approximate surface area is 211 Å². The molecule has 7 nitrogen and oxygen atoms in total. The zero-order chi connectivity index (χ0) is 24.5. The van der Waals surface area contributed by atoms with Gasteiger partial charge in [-0.25, -0.2) is 0 Å². The van der Waals surface area contributed by atoms with E-state index in [1.165, 1.54) is 6.07 Å². The molecule has 3 aromatic carbocycles. The van der Waals surface area contributed by atoms with Crippen LogP contribution in [0.15, 0.2) is 72.8 Å². The lowest BCUT2D eigenvalue weighted by Gasteiger charge is -2.11. The highest BCUT2D eigenvalue weighted by atomic mass is 35.5. The molecule has 0 aliphatic carbocycles. The fraction of sp³-hybridized carbons (Fsp3) is 0.0833. The highest BCUT2D eigenvalue weighted by Crippen LogP contribution is 2.25. The van der Waals surface area contributed by atoms with Crippen LogP contribution >= 0.6 is 35.4 Å². The molecule has 0 heterocycles. The Balaban J connectivity index is 1.39. The van der Waals surface area contributed by atoms with Gasteiger partial charge in [-0.1, -0.05) is 65.7 Å². The number of anilines is 1. The average molecular weight is 515 g/mol. The van der Waals surface area contributed by atoms with E-state index in [1.807, 2.05) is 42.5 Å². The van der Waals surface area contributed by atoms with Crippen molar-refractivity contribution in [3.05, 3.63) is 88.4 Å². The molecule has 0 aromatic heterocycles. The van der Waals surface area contributed by atoms with Crippen molar-refractivity contribution in [2.24, 2.45) is 0 Å². The van der Waals surface area contributed by atoms with Crippen molar-refractivity contribution in [2.75, 3.05) is 5.32 Å². The van der Waals surface area contributed by atoms with E-state index < -0.39 is 17.7 Å². The Morgan fingerprint density at radius 1 is 0.765 bits per heavy atom. The van der Waals surface area contributed by atoms with E-state index in [2.05, 4.69) is 21.5 Å². The summed E-state index contributed by atoms with van der Waals surface area (Å²) in [7, 11) is 0. The van der Waals surface area contributed by atoms with Crippen LogP contribution in [0.1, 0.15) is 23.2 Å². The molecule has 0 radical (unpaired) electrons. The van der Waals surface area contributed by atoms with Gasteiger partial charge in [-0.05, 0) is 53.7 Å². The lowest BCUT2D eigenvalue weighted by molar-refractivity contribution is -0.124. The van der Waals surface area contributed by atoms with Gasteiger partial charge < -0.3 is 5.32 Å². The Bertz CT molecular complexity index is 1200. The highest BCUT2D eigenvalue weighted by molar-refractivity contribution is 7.80. The van der Waals surface area contributed by atoms with E-state index in [0.717, 1.165) is 11.1 Å². The summed E-state index contributed by atoms with van der Waals surface area (Å²) in [6.07, 6.45) is -0.194. The third kappa shape index (κ3) is 7.55. The number of halogens is 2. The molecule has 0 fully saturated rings. The Morgan fingerprint density at radius 2 is 1.41 bits per heavy atom. The zero-order valence-corrected chi connectivity index (χ0v) is 20.1. The van der Waals surface area contributed by atoms with Crippen molar-refractivity contribution in [3.8, 4) is 11.1 Å². The second-order valence-electron chi connectivity index (χ2n) is 7.07. The first-order valence-corrected chi connectivity index (χ1v) is 11.3. The average Bonchev–Trinajstić information content (AvgIpc) is 2.84. The summed E-state index contributed by atoms with van der Waals surface area (Å²) < 4.78 is 0. The molecule has 4 N–H and O–H groups in total. The molecule has 0 atom stereocenters. The van der Waals surface area contributed by atoms with Gasteiger partial charge in [-0.3, -0.25) is 30.6 Å². The molecule has 0 aliphatic heterocycles. The molecule has 0 saturated heterocycles. The Kier molecular flexibility index (Phi) is 8.98. The molecule has 34 heavy (non-hydrogen) atoms. The molecular formula is C24H20Cl2N4O3S.